The number of benzene rings is 2. The molecule has 7 heteroatoms. The maximum Gasteiger partial charge on any atom is 0.316 e. The highest BCUT2D eigenvalue weighted by atomic mass is 16.5. The first-order valence-electron chi connectivity index (χ1n) is 11.9. The van der Waals surface area contributed by atoms with E-state index in [1.165, 1.54) is 4.90 Å². The average Bonchev–Trinajstić information content (AvgIpc) is 3.32. The fourth-order valence-corrected chi connectivity index (χ4v) is 5.42. The molecule has 2 saturated heterocycles. The number of hydrogen-bond acceptors (Lipinski definition) is 5. The SMILES string of the molecule is Cc1cccc(N2C[C@H](C(=O)Oc3ccc(N4C(=O)[C@H]5CC[C@@H](C)C[C@@H]5C4=O)cc3)CC2=O)c1. The smallest absolute Gasteiger partial charge is 0.316 e. The van der Waals surface area contributed by atoms with E-state index >= 15 is 0 Å². The molecule has 0 N–H and O–H groups in total. The summed E-state index contributed by atoms with van der Waals surface area (Å²) in [5.74, 6) is -1.08. The molecule has 7 nitrogen and oxygen atoms in total. The fourth-order valence-electron chi connectivity index (χ4n) is 5.42. The van der Waals surface area contributed by atoms with Crippen molar-refractivity contribution in [3.63, 3.8) is 0 Å². The topological polar surface area (TPSA) is 84.0 Å². The third kappa shape index (κ3) is 4.00. The summed E-state index contributed by atoms with van der Waals surface area (Å²) < 4.78 is 5.53. The molecular formula is C27H28N2O5. The lowest BCUT2D eigenvalue weighted by molar-refractivity contribution is -0.139. The number of aryl methyl sites for hydroxylation is 1. The van der Waals surface area contributed by atoms with E-state index in [0.29, 0.717) is 17.4 Å². The second-order valence-electron chi connectivity index (χ2n) is 9.80. The molecule has 3 aliphatic rings. The van der Waals surface area contributed by atoms with Gasteiger partial charge in [-0.05, 0) is 74.1 Å². The predicted molar refractivity (Wildman–Crippen MR) is 126 cm³/mol. The van der Waals surface area contributed by atoms with Gasteiger partial charge in [-0.15, -0.1) is 0 Å². The van der Waals surface area contributed by atoms with Crippen LogP contribution >= 0.6 is 0 Å². The largest absolute Gasteiger partial charge is 0.426 e. The van der Waals surface area contributed by atoms with Crippen molar-refractivity contribution < 1.29 is 23.9 Å². The van der Waals surface area contributed by atoms with Crippen LogP contribution in [0.2, 0.25) is 0 Å². The predicted octanol–water partition coefficient (Wildman–Crippen LogP) is 3.88. The van der Waals surface area contributed by atoms with Gasteiger partial charge in [-0.25, -0.2) is 0 Å². The monoisotopic (exact) mass is 460 g/mol. The Morgan fingerprint density at radius 3 is 2.41 bits per heavy atom. The molecular weight excluding hydrogens is 432 g/mol. The number of esters is 1. The normalized spacial score (nSPS) is 26.7. The zero-order valence-electron chi connectivity index (χ0n) is 19.4. The van der Waals surface area contributed by atoms with Crippen LogP contribution in [0.5, 0.6) is 5.75 Å². The van der Waals surface area contributed by atoms with Gasteiger partial charge in [0.1, 0.15) is 5.75 Å². The molecule has 0 bridgehead atoms. The Hall–Kier alpha value is -3.48. The van der Waals surface area contributed by atoms with Crippen molar-refractivity contribution in [1.82, 2.24) is 0 Å². The van der Waals surface area contributed by atoms with E-state index in [-0.39, 0.29) is 42.5 Å². The zero-order valence-corrected chi connectivity index (χ0v) is 19.4. The Bertz CT molecular complexity index is 1160. The molecule has 2 aromatic carbocycles. The van der Waals surface area contributed by atoms with E-state index in [1.807, 2.05) is 31.2 Å². The van der Waals surface area contributed by atoms with Gasteiger partial charge < -0.3 is 9.64 Å². The van der Waals surface area contributed by atoms with Gasteiger partial charge in [-0.3, -0.25) is 24.1 Å². The Balaban J connectivity index is 1.24. The molecule has 1 saturated carbocycles. The molecule has 3 fully saturated rings. The number of carbonyl (C=O) groups is 4. The number of nitrogens with zero attached hydrogens (tertiary/aromatic N) is 2. The second-order valence-corrected chi connectivity index (χ2v) is 9.80. The molecule has 2 aliphatic heterocycles. The van der Waals surface area contributed by atoms with Crippen LogP contribution in [0.1, 0.15) is 38.2 Å². The third-order valence-corrected chi connectivity index (χ3v) is 7.27. The average molecular weight is 461 g/mol. The molecule has 176 valence electrons. The molecule has 2 aromatic rings. The van der Waals surface area contributed by atoms with Crippen molar-refractivity contribution in [2.24, 2.45) is 23.7 Å². The molecule has 0 aromatic heterocycles. The first-order chi connectivity index (χ1) is 16.3. The van der Waals surface area contributed by atoms with Gasteiger partial charge in [0.25, 0.3) is 0 Å². The van der Waals surface area contributed by atoms with E-state index in [0.717, 1.165) is 30.5 Å². The number of amides is 3. The van der Waals surface area contributed by atoms with Crippen molar-refractivity contribution in [2.45, 2.75) is 39.5 Å². The standard InChI is InChI=1S/C27H28N2O5/c1-16-4-3-5-20(12-16)28-15-18(14-24(28)30)27(33)34-21-9-7-19(8-10-21)29-25(31)22-11-6-17(2)13-23(22)26(29)32/h3-5,7-10,12,17-18,22-23H,6,11,13-15H2,1-2H3/t17-,18-,22+,23+/m1/s1. The van der Waals surface area contributed by atoms with Crippen LogP contribution in [0.15, 0.2) is 48.5 Å². The van der Waals surface area contributed by atoms with Crippen molar-refractivity contribution in [1.29, 1.82) is 0 Å². The van der Waals surface area contributed by atoms with Gasteiger partial charge >= 0.3 is 5.97 Å². The highest BCUT2D eigenvalue weighted by Crippen LogP contribution is 2.42. The van der Waals surface area contributed by atoms with Gasteiger partial charge in [0.15, 0.2) is 0 Å². The second kappa shape index (κ2) is 8.70. The minimum Gasteiger partial charge on any atom is -0.426 e. The van der Waals surface area contributed by atoms with Crippen molar-refractivity contribution >= 4 is 35.1 Å². The number of anilines is 2. The summed E-state index contributed by atoms with van der Waals surface area (Å²) in [6, 6.07) is 14.1. The summed E-state index contributed by atoms with van der Waals surface area (Å²) in [5, 5.41) is 0. The summed E-state index contributed by atoms with van der Waals surface area (Å²) in [6.45, 7) is 4.35. The summed E-state index contributed by atoms with van der Waals surface area (Å²) in [7, 11) is 0. The first-order valence-corrected chi connectivity index (χ1v) is 11.9. The van der Waals surface area contributed by atoms with Crippen LogP contribution in [0, 0.1) is 30.6 Å². The Morgan fingerprint density at radius 2 is 1.68 bits per heavy atom. The lowest BCUT2D eigenvalue weighted by Crippen LogP contribution is -2.30. The van der Waals surface area contributed by atoms with Crippen LogP contribution in [0.4, 0.5) is 11.4 Å². The molecule has 0 radical (unpaired) electrons. The first kappa shape index (κ1) is 22.3. The molecule has 34 heavy (non-hydrogen) atoms. The van der Waals surface area contributed by atoms with Gasteiger partial charge in [-0.2, -0.15) is 0 Å². The van der Waals surface area contributed by atoms with E-state index in [2.05, 4.69) is 6.92 Å². The summed E-state index contributed by atoms with van der Waals surface area (Å²) in [5.41, 5.74) is 2.32. The maximum atomic E-state index is 12.9. The van der Waals surface area contributed by atoms with Crippen LogP contribution in [0.3, 0.4) is 0 Å². The zero-order chi connectivity index (χ0) is 24.0. The number of imide groups is 1. The van der Waals surface area contributed by atoms with Gasteiger partial charge in [0, 0.05) is 18.7 Å². The van der Waals surface area contributed by atoms with Crippen LogP contribution in [-0.2, 0) is 19.2 Å². The number of hydrogen-bond donors (Lipinski definition) is 0. The van der Waals surface area contributed by atoms with Crippen molar-refractivity contribution in [3.05, 3.63) is 54.1 Å². The van der Waals surface area contributed by atoms with Crippen LogP contribution in [-0.4, -0.2) is 30.2 Å². The molecule has 0 spiro atoms. The minimum atomic E-state index is -0.556. The lowest BCUT2D eigenvalue weighted by Gasteiger charge is -2.25. The fraction of sp³-hybridized carbons (Fsp3) is 0.407. The Morgan fingerprint density at radius 1 is 0.941 bits per heavy atom. The Labute approximate surface area is 198 Å². The number of fused-ring (bicyclic) bond motifs is 1. The number of carbonyl (C=O) groups excluding carboxylic acids is 4. The van der Waals surface area contributed by atoms with Crippen LogP contribution < -0.4 is 14.5 Å². The van der Waals surface area contributed by atoms with E-state index in [4.69, 9.17) is 4.74 Å². The molecule has 3 amide bonds. The molecule has 2 heterocycles. The molecule has 5 rings (SSSR count). The van der Waals surface area contributed by atoms with E-state index in [1.54, 1.807) is 29.2 Å². The van der Waals surface area contributed by atoms with Crippen molar-refractivity contribution in [2.75, 3.05) is 16.3 Å². The maximum absolute atomic E-state index is 12.9. The highest BCUT2D eigenvalue weighted by Gasteiger charge is 2.50. The minimum absolute atomic E-state index is 0.100. The van der Waals surface area contributed by atoms with Gasteiger partial charge in [0.2, 0.25) is 17.7 Å². The lowest BCUT2D eigenvalue weighted by atomic mass is 9.76. The van der Waals surface area contributed by atoms with Gasteiger partial charge in [-0.1, -0.05) is 19.1 Å². The molecule has 0 unspecified atom stereocenters. The third-order valence-electron chi connectivity index (χ3n) is 7.27. The van der Waals surface area contributed by atoms with Crippen molar-refractivity contribution in [3.8, 4) is 5.75 Å². The number of rotatable bonds is 4. The highest BCUT2D eigenvalue weighted by molar-refractivity contribution is 6.22. The van der Waals surface area contributed by atoms with E-state index in [9.17, 15) is 19.2 Å². The van der Waals surface area contributed by atoms with E-state index < -0.39 is 11.9 Å². The summed E-state index contributed by atoms with van der Waals surface area (Å²) in [6.07, 6.45) is 2.57. The molecule has 1 aliphatic carbocycles. The summed E-state index contributed by atoms with van der Waals surface area (Å²) >= 11 is 0. The Kier molecular flexibility index (Phi) is 5.71. The quantitative estimate of drug-likeness (QED) is 0.393. The summed E-state index contributed by atoms with van der Waals surface area (Å²) in [4.78, 5) is 53.9. The number of ether oxygens (including phenoxy) is 1. The van der Waals surface area contributed by atoms with Gasteiger partial charge in [0.05, 0.1) is 23.4 Å². The van der Waals surface area contributed by atoms with Crippen LogP contribution in [0.25, 0.3) is 0 Å². The molecule has 4 atom stereocenters.